The van der Waals surface area contributed by atoms with Gasteiger partial charge in [-0.15, -0.1) is 0 Å². The van der Waals surface area contributed by atoms with E-state index >= 15 is 0 Å². The molecule has 0 aliphatic carbocycles. The molecule has 1 aromatic heterocycles. The second-order valence-electron chi connectivity index (χ2n) is 4.98. The van der Waals surface area contributed by atoms with Crippen molar-refractivity contribution in [2.75, 3.05) is 13.2 Å². The summed E-state index contributed by atoms with van der Waals surface area (Å²) in [6.07, 6.45) is 1.06. The Hall–Kier alpha value is -1.13. The Morgan fingerprint density at radius 3 is 2.76 bits per heavy atom. The molecule has 0 saturated heterocycles. The maximum atomic E-state index is 10.1. The van der Waals surface area contributed by atoms with Crippen LogP contribution in [0.15, 0.2) is 18.3 Å². The SMILES string of the molecule is CCOc1ncccc1[C@@H](O)CNC(C)(C)C. The van der Waals surface area contributed by atoms with E-state index in [-0.39, 0.29) is 5.54 Å². The van der Waals surface area contributed by atoms with E-state index in [2.05, 4.69) is 31.1 Å². The zero-order chi connectivity index (χ0) is 12.9. The minimum Gasteiger partial charge on any atom is -0.478 e. The highest BCUT2D eigenvalue weighted by molar-refractivity contribution is 5.28. The Balaban J connectivity index is 2.70. The molecule has 0 bridgehead atoms. The quantitative estimate of drug-likeness (QED) is 0.822. The molecule has 1 heterocycles. The molecule has 0 radical (unpaired) electrons. The molecule has 96 valence electrons. The van der Waals surface area contributed by atoms with E-state index in [1.54, 1.807) is 12.3 Å². The highest BCUT2D eigenvalue weighted by atomic mass is 16.5. The molecule has 4 nitrogen and oxygen atoms in total. The van der Waals surface area contributed by atoms with Crippen molar-refractivity contribution in [2.45, 2.75) is 39.3 Å². The van der Waals surface area contributed by atoms with Crippen molar-refractivity contribution in [3.8, 4) is 5.88 Å². The Morgan fingerprint density at radius 1 is 1.47 bits per heavy atom. The third-order valence-corrected chi connectivity index (χ3v) is 2.27. The molecule has 4 heteroatoms. The van der Waals surface area contributed by atoms with Crippen molar-refractivity contribution in [3.63, 3.8) is 0 Å². The van der Waals surface area contributed by atoms with Crippen LogP contribution in [0.3, 0.4) is 0 Å². The predicted octanol–water partition coefficient (Wildman–Crippen LogP) is 1.90. The van der Waals surface area contributed by atoms with Crippen LogP contribution >= 0.6 is 0 Å². The molecule has 0 unspecified atom stereocenters. The number of aliphatic hydroxyl groups excluding tert-OH is 1. The first-order chi connectivity index (χ1) is 7.94. The van der Waals surface area contributed by atoms with Gasteiger partial charge in [0.2, 0.25) is 5.88 Å². The number of β-amino-alcohol motifs (C(OH)–C–C–N with tert-alkyl or cyclic N) is 1. The van der Waals surface area contributed by atoms with Crippen LogP contribution in [0.1, 0.15) is 39.4 Å². The number of rotatable bonds is 5. The first kappa shape index (κ1) is 13.9. The Labute approximate surface area is 103 Å². The molecule has 0 fully saturated rings. The second-order valence-corrected chi connectivity index (χ2v) is 4.98. The lowest BCUT2D eigenvalue weighted by atomic mass is 10.1. The van der Waals surface area contributed by atoms with Crippen LogP contribution in [0.2, 0.25) is 0 Å². The molecule has 0 aliphatic rings. The van der Waals surface area contributed by atoms with E-state index < -0.39 is 6.10 Å². The number of hydrogen-bond acceptors (Lipinski definition) is 4. The van der Waals surface area contributed by atoms with Gasteiger partial charge in [0.05, 0.1) is 12.7 Å². The Morgan fingerprint density at radius 2 is 2.18 bits per heavy atom. The highest BCUT2D eigenvalue weighted by Gasteiger charge is 2.17. The van der Waals surface area contributed by atoms with Gasteiger partial charge in [0.25, 0.3) is 0 Å². The number of hydrogen-bond donors (Lipinski definition) is 2. The van der Waals surface area contributed by atoms with Gasteiger partial charge >= 0.3 is 0 Å². The van der Waals surface area contributed by atoms with E-state index in [0.29, 0.717) is 19.0 Å². The van der Waals surface area contributed by atoms with Crippen molar-refractivity contribution in [1.29, 1.82) is 0 Å². The van der Waals surface area contributed by atoms with Crippen molar-refractivity contribution in [2.24, 2.45) is 0 Å². The topological polar surface area (TPSA) is 54.4 Å². The summed E-state index contributed by atoms with van der Waals surface area (Å²) in [5.74, 6) is 0.512. The number of nitrogens with zero attached hydrogens (tertiary/aromatic N) is 1. The zero-order valence-corrected chi connectivity index (χ0v) is 11.0. The molecule has 0 aromatic carbocycles. The average Bonchev–Trinajstić information content (AvgIpc) is 2.26. The average molecular weight is 238 g/mol. The minimum absolute atomic E-state index is 0.0189. The maximum Gasteiger partial charge on any atom is 0.219 e. The number of pyridine rings is 1. The first-order valence-electron chi connectivity index (χ1n) is 5.95. The smallest absolute Gasteiger partial charge is 0.219 e. The molecule has 1 atom stereocenters. The van der Waals surface area contributed by atoms with Crippen LogP contribution in [0.25, 0.3) is 0 Å². The van der Waals surface area contributed by atoms with Gasteiger partial charge in [-0.2, -0.15) is 0 Å². The zero-order valence-electron chi connectivity index (χ0n) is 11.0. The Kier molecular flexibility index (Phi) is 4.90. The monoisotopic (exact) mass is 238 g/mol. The molecular weight excluding hydrogens is 216 g/mol. The molecule has 1 rings (SSSR count). The third-order valence-electron chi connectivity index (χ3n) is 2.27. The molecule has 0 saturated carbocycles. The fourth-order valence-electron chi connectivity index (χ4n) is 1.43. The summed E-state index contributed by atoms with van der Waals surface area (Å²) in [5.41, 5.74) is 0.709. The second kappa shape index (κ2) is 5.98. The standard InChI is InChI=1S/C13H22N2O2/c1-5-17-12-10(7-6-8-14-12)11(16)9-15-13(2,3)4/h6-8,11,15-16H,5,9H2,1-4H3/t11-/m0/s1. The van der Waals surface area contributed by atoms with Crippen molar-refractivity contribution >= 4 is 0 Å². The molecular formula is C13H22N2O2. The summed E-state index contributed by atoms with van der Waals surface area (Å²) in [5, 5.41) is 13.4. The van der Waals surface area contributed by atoms with E-state index in [4.69, 9.17) is 4.74 Å². The minimum atomic E-state index is -0.607. The van der Waals surface area contributed by atoms with Gasteiger partial charge in [0.15, 0.2) is 0 Å². The third kappa shape index (κ3) is 4.71. The van der Waals surface area contributed by atoms with Crippen LogP contribution in [0, 0.1) is 0 Å². The van der Waals surface area contributed by atoms with Gasteiger partial charge in [0, 0.05) is 23.8 Å². The molecule has 17 heavy (non-hydrogen) atoms. The largest absolute Gasteiger partial charge is 0.478 e. The fraction of sp³-hybridized carbons (Fsp3) is 0.615. The predicted molar refractivity (Wildman–Crippen MR) is 68.1 cm³/mol. The van der Waals surface area contributed by atoms with Gasteiger partial charge < -0.3 is 15.2 Å². The van der Waals surface area contributed by atoms with E-state index in [0.717, 1.165) is 5.56 Å². The van der Waals surface area contributed by atoms with E-state index in [1.807, 2.05) is 13.0 Å². The normalized spacial score (nSPS) is 13.5. The van der Waals surface area contributed by atoms with Crippen LogP contribution in [0.5, 0.6) is 5.88 Å². The first-order valence-corrected chi connectivity index (χ1v) is 5.95. The number of aromatic nitrogens is 1. The van der Waals surface area contributed by atoms with Crippen LogP contribution in [0.4, 0.5) is 0 Å². The fourth-order valence-corrected chi connectivity index (χ4v) is 1.43. The van der Waals surface area contributed by atoms with Crippen LogP contribution in [-0.4, -0.2) is 28.8 Å². The summed E-state index contributed by atoms with van der Waals surface area (Å²) < 4.78 is 5.39. The summed E-state index contributed by atoms with van der Waals surface area (Å²) in [7, 11) is 0. The lowest BCUT2D eigenvalue weighted by Gasteiger charge is -2.23. The van der Waals surface area contributed by atoms with Gasteiger partial charge in [-0.25, -0.2) is 4.98 Å². The lowest BCUT2D eigenvalue weighted by Crippen LogP contribution is -2.38. The van der Waals surface area contributed by atoms with Crippen molar-refractivity contribution in [3.05, 3.63) is 23.9 Å². The summed E-state index contributed by atoms with van der Waals surface area (Å²) in [4.78, 5) is 4.12. The number of aliphatic hydroxyl groups is 1. The van der Waals surface area contributed by atoms with E-state index in [1.165, 1.54) is 0 Å². The van der Waals surface area contributed by atoms with Crippen molar-refractivity contribution < 1.29 is 9.84 Å². The number of nitrogens with one attached hydrogen (secondary N) is 1. The van der Waals surface area contributed by atoms with Gasteiger partial charge in [-0.3, -0.25) is 0 Å². The summed E-state index contributed by atoms with van der Waals surface area (Å²) >= 11 is 0. The lowest BCUT2D eigenvalue weighted by molar-refractivity contribution is 0.157. The molecule has 0 aliphatic heterocycles. The van der Waals surface area contributed by atoms with E-state index in [9.17, 15) is 5.11 Å². The van der Waals surface area contributed by atoms with Crippen LogP contribution in [-0.2, 0) is 0 Å². The molecule has 2 N–H and O–H groups in total. The Bertz CT molecular complexity index is 348. The summed E-state index contributed by atoms with van der Waals surface area (Å²) in [6, 6.07) is 3.64. The molecule has 0 spiro atoms. The maximum absolute atomic E-state index is 10.1. The van der Waals surface area contributed by atoms with Crippen LogP contribution < -0.4 is 10.1 Å². The van der Waals surface area contributed by atoms with Gasteiger partial charge in [-0.05, 0) is 39.8 Å². The summed E-state index contributed by atoms with van der Waals surface area (Å²) in [6.45, 7) is 9.11. The highest BCUT2D eigenvalue weighted by Crippen LogP contribution is 2.22. The molecule has 1 aromatic rings. The van der Waals surface area contributed by atoms with Crippen molar-refractivity contribution in [1.82, 2.24) is 10.3 Å². The molecule has 0 amide bonds. The van der Waals surface area contributed by atoms with Gasteiger partial charge in [0.1, 0.15) is 0 Å². The number of ether oxygens (including phenoxy) is 1. The van der Waals surface area contributed by atoms with Gasteiger partial charge in [-0.1, -0.05) is 0 Å².